The Labute approximate surface area is 117 Å². The summed E-state index contributed by atoms with van der Waals surface area (Å²) in [6.45, 7) is 0. The van der Waals surface area contributed by atoms with E-state index in [-0.39, 0.29) is 11.7 Å². The van der Waals surface area contributed by atoms with Crippen molar-refractivity contribution >= 4 is 11.6 Å². The van der Waals surface area contributed by atoms with Gasteiger partial charge in [-0.1, -0.05) is 18.2 Å². The van der Waals surface area contributed by atoms with Gasteiger partial charge in [0, 0.05) is 12.1 Å². The molecule has 0 spiro atoms. The van der Waals surface area contributed by atoms with Crippen LogP contribution in [-0.4, -0.2) is 13.0 Å². The summed E-state index contributed by atoms with van der Waals surface area (Å²) in [6.07, 6.45) is 0.939. The van der Waals surface area contributed by atoms with Gasteiger partial charge in [-0.2, -0.15) is 0 Å². The van der Waals surface area contributed by atoms with Crippen LogP contribution in [0.1, 0.15) is 12.0 Å². The van der Waals surface area contributed by atoms with Crippen molar-refractivity contribution in [3.8, 4) is 5.75 Å². The lowest BCUT2D eigenvalue weighted by molar-refractivity contribution is -0.116. The molecule has 0 unspecified atom stereocenters. The van der Waals surface area contributed by atoms with Crippen LogP contribution in [0.25, 0.3) is 0 Å². The Hall–Kier alpha value is -2.36. The van der Waals surface area contributed by atoms with Gasteiger partial charge in [-0.25, -0.2) is 4.39 Å². The van der Waals surface area contributed by atoms with Crippen LogP contribution >= 0.6 is 0 Å². The molecule has 3 nitrogen and oxygen atoms in total. The van der Waals surface area contributed by atoms with E-state index in [4.69, 9.17) is 4.74 Å². The second kappa shape index (κ2) is 6.70. The molecule has 0 aromatic heterocycles. The first-order chi connectivity index (χ1) is 9.69. The van der Waals surface area contributed by atoms with Crippen LogP contribution in [0.3, 0.4) is 0 Å². The first-order valence-electron chi connectivity index (χ1n) is 6.36. The van der Waals surface area contributed by atoms with E-state index in [0.717, 1.165) is 11.3 Å². The number of methoxy groups -OCH3 is 1. The normalized spacial score (nSPS) is 10.1. The fraction of sp³-hybridized carbons (Fsp3) is 0.188. The highest BCUT2D eigenvalue weighted by Crippen LogP contribution is 2.19. The van der Waals surface area contributed by atoms with Crippen LogP contribution < -0.4 is 10.1 Å². The third kappa shape index (κ3) is 3.82. The molecule has 104 valence electrons. The minimum atomic E-state index is -0.322. The monoisotopic (exact) mass is 273 g/mol. The number of hydrogen-bond acceptors (Lipinski definition) is 2. The topological polar surface area (TPSA) is 38.3 Å². The number of rotatable bonds is 5. The lowest BCUT2D eigenvalue weighted by Crippen LogP contribution is -2.12. The fourth-order valence-corrected chi connectivity index (χ4v) is 1.91. The first kappa shape index (κ1) is 14.1. The standard InChI is InChI=1S/C16H16FNO2/c1-20-15-5-3-2-4-12(15)6-11-16(19)18-14-9-7-13(17)8-10-14/h2-5,7-10H,6,11H2,1H3,(H,18,19). The van der Waals surface area contributed by atoms with Gasteiger partial charge in [0.1, 0.15) is 11.6 Å². The molecule has 0 bridgehead atoms. The van der Waals surface area contributed by atoms with Crippen molar-refractivity contribution < 1.29 is 13.9 Å². The van der Waals surface area contributed by atoms with Gasteiger partial charge in [0.05, 0.1) is 7.11 Å². The Balaban J connectivity index is 1.90. The quantitative estimate of drug-likeness (QED) is 0.906. The summed E-state index contributed by atoms with van der Waals surface area (Å²) in [5.74, 6) is 0.349. The minimum absolute atomic E-state index is 0.109. The van der Waals surface area contributed by atoms with Gasteiger partial charge in [-0.3, -0.25) is 4.79 Å². The molecule has 0 saturated heterocycles. The number of benzene rings is 2. The molecule has 0 heterocycles. The Morgan fingerprint density at radius 3 is 2.55 bits per heavy atom. The van der Waals surface area contributed by atoms with Gasteiger partial charge in [0.2, 0.25) is 5.91 Å². The van der Waals surface area contributed by atoms with Crippen LogP contribution in [0.5, 0.6) is 5.75 Å². The summed E-state index contributed by atoms with van der Waals surface area (Å²) in [6, 6.07) is 13.3. The van der Waals surface area contributed by atoms with E-state index in [1.165, 1.54) is 24.3 Å². The van der Waals surface area contributed by atoms with E-state index < -0.39 is 0 Å². The largest absolute Gasteiger partial charge is 0.496 e. The molecule has 0 radical (unpaired) electrons. The highest BCUT2D eigenvalue weighted by Gasteiger charge is 2.06. The van der Waals surface area contributed by atoms with E-state index in [2.05, 4.69) is 5.32 Å². The summed E-state index contributed by atoms with van der Waals surface area (Å²) in [4.78, 5) is 11.8. The first-order valence-corrected chi connectivity index (χ1v) is 6.36. The van der Waals surface area contributed by atoms with Gasteiger partial charge in [0.15, 0.2) is 0 Å². The van der Waals surface area contributed by atoms with Gasteiger partial charge >= 0.3 is 0 Å². The van der Waals surface area contributed by atoms with Crippen LogP contribution in [-0.2, 0) is 11.2 Å². The molecule has 0 aliphatic rings. The molecular weight excluding hydrogens is 257 g/mol. The average molecular weight is 273 g/mol. The summed E-state index contributed by atoms with van der Waals surface area (Å²) in [7, 11) is 1.61. The fourth-order valence-electron chi connectivity index (χ4n) is 1.91. The number of halogens is 1. The highest BCUT2D eigenvalue weighted by atomic mass is 19.1. The predicted molar refractivity (Wildman–Crippen MR) is 76.3 cm³/mol. The van der Waals surface area contributed by atoms with Crippen molar-refractivity contribution in [2.45, 2.75) is 12.8 Å². The van der Waals surface area contributed by atoms with E-state index in [0.29, 0.717) is 18.5 Å². The maximum atomic E-state index is 12.8. The number of carbonyl (C=O) groups excluding carboxylic acids is 1. The second-order valence-electron chi connectivity index (χ2n) is 4.37. The zero-order valence-electron chi connectivity index (χ0n) is 11.2. The molecule has 20 heavy (non-hydrogen) atoms. The van der Waals surface area contributed by atoms with Crippen LogP contribution in [0.2, 0.25) is 0 Å². The summed E-state index contributed by atoms with van der Waals surface area (Å²) in [5, 5.41) is 2.73. The van der Waals surface area contributed by atoms with Gasteiger partial charge in [-0.15, -0.1) is 0 Å². The van der Waals surface area contributed by atoms with Crippen molar-refractivity contribution in [2.75, 3.05) is 12.4 Å². The number of carbonyl (C=O) groups is 1. The highest BCUT2D eigenvalue weighted by molar-refractivity contribution is 5.90. The van der Waals surface area contributed by atoms with Crippen molar-refractivity contribution in [3.05, 3.63) is 59.9 Å². The number of amides is 1. The second-order valence-corrected chi connectivity index (χ2v) is 4.37. The number of anilines is 1. The maximum absolute atomic E-state index is 12.8. The van der Waals surface area contributed by atoms with E-state index in [9.17, 15) is 9.18 Å². The molecule has 2 aromatic carbocycles. The Bertz CT molecular complexity index is 581. The van der Waals surface area contributed by atoms with Crippen LogP contribution in [0.15, 0.2) is 48.5 Å². The lowest BCUT2D eigenvalue weighted by Gasteiger charge is -2.08. The lowest BCUT2D eigenvalue weighted by atomic mass is 10.1. The minimum Gasteiger partial charge on any atom is -0.496 e. The molecule has 4 heteroatoms. The molecule has 0 fully saturated rings. The summed E-state index contributed by atoms with van der Waals surface area (Å²) < 4.78 is 18.0. The molecule has 0 atom stereocenters. The van der Waals surface area contributed by atoms with E-state index in [1.54, 1.807) is 7.11 Å². The third-order valence-electron chi connectivity index (χ3n) is 2.94. The molecule has 0 aliphatic carbocycles. The van der Waals surface area contributed by atoms with Crippen molar-refractivity contribution in [2.24, 2.45) is 0 Å². The average Bonchev–Trinajstić information content (AvgIpc) is 2.48. The number of aryl methyl sites for hydroxylation is 1. The number of nitrogens with one attached hydrogen (secondary N) is 1. The van der Waals surface area contributed by atoms with Gasteiger partial charge < -0.3 is 10.1 Å². The van der Waals surface area contributed by atoms with Gasteiger partial charge in [-0.05, 0) is 42.3 Å². The smallest absolute Gasteiger partial charge is 0.224 e. The molecule has 0 aliphatic heterocycles. The zero-order valence-corrected chi connectivity index (χ0v) is 11.2. The number of hydrogen-bond donors (Lipinski definition) is 1. The van der Waals surface area contributed by atoms with E-state index in [1.807, 2.05) is 24.3 Å². The molecule has 1 amide bonds. The maximum Gasteiger partial charge on any atom is 0.224 e. The number of ether oxygens (including phenoxy) is 1. The molecule has 2 aromatic rings. The van der Waals surface area contributed by atoms with Crippen LogP contribution in [0, 0.1) is 5.82 Å². The Kier molecular flexibility index (Phi) is 4.71. The Morgan fingerprint density at radius 1 is 1.15 bits per heavy atom. The zero-order chi connectivity index (χ0) is 14.4. The van der Waals surface area contributed by atoms with Crippen molar-refractivity contribution in [1.29, 1.82) is 0 Å². The third-order valence-corrected chi connectivity index (χ3v) is 2.94. The molecule has 0 saturated carbocycles. The molecule has 2 rings (SSSR count). The molecular formula is C16H16FNO2. The van der Waals surface area contributed by atoms with Gasteiger partial charge in [0.25, 0.3) is 0 Å². The number of para-hydroxylation sites is 1. The van der Waals surface area contributed by atoms with Crippen molar-refractivity contribution in [3.63, 3.8) is 0 Å². The van der Waals surface area contributed by atoms with Crippen molar-refractivity contribution in [1.82, 2.24) is 0 Å². The molecule has 1 N–H and O–H groups in total. The Morgan fingerprint density at radius 2 is 1.85 bits per heavy atom. The summed E-state index contributed by atoms with van der Waals surface area (Å²) in [5.41, 5.74) is 1.58. The SMILES string of the molecule is COc1ccccc1CCC(=O)Nc1ccc(F)cc1. The predicted octanol–water partition coefficient (Wildman–Crippen LogP) is 3.41. The van der Waals surface area contributed by atoms with Crippen LogP contribution in [0.4, 0.5) is 10.1 Å². The van der Waals surface area contributed by atoms with E-state index >= 15 is 0 Å². The summed E-state index contributed by atoms with van der Waals surface area (Å²) >= 11 is 0.